The number of benzene rings is 1. The maximum Gasteiger partial charge on any atom is 0.236 e. The number of piperidine rings is 1. The highest BCUT2D eigenvalue weighted by molar-refractivity contribution is 5.79. The molecule has 0 unspecified atom stereocenters. The van der Waals surface area contributed by atoms with E-state index in [2.05, 4.69) is 46.0 Å². The Hall–Kier alpha value is -2.38. The van der Waals surface area contributed by atoms with Crippen LogP contribution in [0.2, 0.25) is 0 Å². The molecular weight excluding hydrogens is 452 g/mol. The van der Waals surface area contributed by atoms with E-state index in [1.54, 1.807) is 0 Å². The molecule has 5 rings (SSSR count). The minimum atomic E-state index is 0.179. The summed E-state index contributed by atoms with van der Waals surface area (Å²) in [4.78, 5) is 35.4. The molecule has 0 radical (unpaired) electrons. The van der Waals surface area contributed by atoms with Crippen molar-refractivity contribution in [3.8, 4) is 5.75 Å². The van der Waals surface area contributed by atoms with Crippen LogP contribution >= 0.6 is 0 Å². The average molecular weight is 495 g/mol. The van der Waals surface area contributed by atoms with E-state index in [1.165, 1.54) is 12.8 Å². The van der Waals surface area contributed by atoms with Crippen molar-refractivity contribution in [3.05, 3.63) is 42.0 Å². The van der Waals surface area contributed by atoms with E-state index in [9.17, 15) is 9.59 Å². The molecule has 3 heterocycles. The highest BCUT2D eigenvalue weighted by Gasteiger charge is 2.34. The molecular formula is C29H42N4O3. The van der Waals surface area contributed by atoms with Crippen LogP contribution in [0.15, 0.2) is 36.4 Å². The smallest absolute Gasteiger partial charge is 0.236 e. The van der Waals surface area contributed by atoms with Crippen molar-refractivity contribution in [1.29, 1.82) is 0 Å². The van der Waals surface area contributed by atoms with Gasteiger partial charge in [0.05, 0.1) is 6.54 Å². The summed E-state index contributed by atoms with van der Waals surface area (Å²) in [6, 6.07) is 8.70. The molecule has 0 N–H and O–H groups in total. The van der Waals surface area contributed by atoms with Gasteiger partial charge < -0.3 is 19.4 Å². The maximum absolute atomic E-state index is 13.6. The molecule has 1 aromatic rings. The van der Waals surface area contributed by atoms with E-state index in [1.807, 2.05) is 17.0 Å². The van der Waals surface area contributed by atoms with E-state index >= 15 is 0 Å². The average Bonchev–Trinajstić information content (AvgIpc) is 3.43. The highest BCUT2D eigenvalue weighted by atomic mass is 16.5. The second kappa shape index (κ2) is 11.8. The largest absolute Gasteiger partial charge is 0.489 e. The zero-order valence-corrected chi connectivity index (χ0v) is 21.8. The maximum atomic E-state index is 13.6. The molecule has 2 atom stereocenters. The van der Waals surface area contributed by atoms with E-state index < -0.39 is 0 Å². The molecule has 2 saturated heterocycles. The van der Waals surface area contributed by atoms with E-state index in [0.29, 0.717) is 32.2 Å². The molecule has 7 heteroatoms. The van der Waals surface area contributed by atoms with Crippen LogP contribution in [0.4, 0.5) is 0 Å². The molecule has 0 spiro atoms. The Labute approximate surface area is 216 Å². The Morgan fingerprint density at radius 2 is 1.78 bits per heavy atom. The minimum Gasteiger partial charge on any atom is -0.489 e. The van der Waals surface area contributed by atoms with Crippen molar-refractivity contribution >= 4 is 11.8 Å². The first-order chi connectivity index (χ1) is 17.6. The van der Waals surface area contributed by atoms with Gasteiger partial charge in [-0.05, 0) is 44.2 Å². The lowest BCUT2D eigenvalue weighted by atomic mass is 9.82. The van der Waals surface area contributed by atoms with Crippen LogP contribution in [-0.2, 0) is 16.1 Å². The number of amides is 2. The predicted octanol–water partition coefficient (Wildman–Crippen LogP) is 3.01. The van der Waals surface area contributed by atoms with Gasteiger partial charge in [0.25, 0.3) is 0 Å². The normalized spacial score (nSPS) is 27.1. The third-order valence-electron chi connectivity index (χ3n) is 8.70. The van der Waals surface area contributed by atoms with Gasteiger partial charge in [0.2, 0.25) is 11.8 Å². The third kappa shape index (κ3) is 6.12. The quantitative estimate of drug-likeness (QED) is 0.605. The standard InChI is InChI=1S/C29H42N4O3/c1-30-14-16-31(17-15-30)28(34)19-23-12-13-32-20-24(23)8-6-18-36-27-11-5-2-7-25(27)21-33(22-29(32)35)26-9-3-4-10-26/h2,5-8,11,23-24,26H,3-4,9-10,12-22H2,1H3/t23-,24-/m0/s1. The van der Waals surface area contributed by atoms with Crippen molar-refractivity contribution in [2.45, 2.75) is 51.1 Å². The van der Waals surface area contributed by atoms with E-state index in [-0.39, 0.29) is 23.7 Å². The summed E-state index contributed by atoms with van der Waals surface area (Å²) in [5.74, 6) is 1.84. The van der Waals surface area contributed by atoms with Gasteiger partial charge in [0.15, 0.2) is 0 Å². The number of ether oxygens (including phenoxy) is 1. The van der Waals surface area contributed by atoms with Crippen molar-refractivity contribution < 1.29 is 14.3 Å². The molecule has 2 amide bonds. The lowest BCUT2D eigenvalue weighted by Crippen LogP contribution is -2.50. The van der Waals surface area contributed by atoms with Crippen molar-refractivity contribution in [2.75, 3.05) is 59.5 Å². The Bertz CT molecular complexity index is 936. The van der Waals surface area contributed by atoms with Crippen LogP contribution < -0.4 is 4.74 Å². The number of piperazine rings is 1. The fourth-order valence-corrected chi connectivity index (χ4v) is 6.36. The molecule has 1 saturated carbocycles. The van der Waals surface area contributed by atoms with Gasteiger partial charge in [0.1, 0.15) is 12.4 Å². The second-order valence-electron chi connectivity index (χ2n) is 11.1. The molecule has 2 bridgehead atoms. The molecule has 1 aliphatic carbocycles. The van der Waals surface area contributed by atoms with Gasteiger partial charge in [-0.15, -0.1) is 0 Å². The number of nitrogens with zero attached hydrogens (tertiary/aromatic N) is 4. The topological polar surface area (TPSA) is 56.3 Å². The van der Waals surface area contributed by atoms with Gasteiger partial charge in [-0.3, -0.25) is 14.5 Å². The number of fused-ring (bicyclic) bond motifs is 3. The Morgan fingerprint density at radius 1 is 1.00 bits per heavy atom. The van der Waals surface area contributed by atoms with Crippen LogP contribution in [0.1, 0.15) is 44.1 Å². The summed E-state index contributed by atoms with van der Waals surface area (Å²) >= 11 is 0. The van der Waals surface area contributed by atoms with Crippen LogP contribution in [0.3, 0.4) is 0 Å². The van der Waals surface area contributed by atoms with Crippen molar-refractivity contribution in [2.24, 2.45) is 11.8 Å². The molecule has 36 heavy (non-hydrogen) atoms. The minimum absolute atomic E-state index is 0.179. The number of carbonyl (C=O) groups is 2. The lowest BCUT2D eigenvalue weighted by molar-refractivity contribution is -0.137. The van der Waals surface area contributed by atoms with Gasteiger partial charge in [-0.1, -0.05) is 43.2 Å². The second-order valence-corrected chi connectivity index (χ2v) is 11.1. The lowest BCUT2D eigenvalue weighted by Gasteiger charge is -2.40. The van der Waals surface area contributed by atoms with Gasteiger partial charge in [-0.2, -0.15) is 0 Å². The van der Waals surface area contributed by atoms with Gasteiger partial charge >= 0.3 is 0 Å². The molecule has 0 aromatic heterocycles. The summed E-state index contributed by atoms with van der Waals surface area (Å²) in [6.45, 7) is 6.67. The summed E-state index contributed by atoms with van der Waals surface area (Å²) in [5, 5.41) is 0. The first kappa shape index (κ1) is 25.3. The van der Waals surface area contributed by atoms with Crippen LogP contribution in [0, 0.1) is 11.8 Å². The van der Waals surface area contributed by atoms with E-state index in [4.69, 9.17) is 4.74 Å². The van der Waals surface area contributed by atoms with E-state index in [0.717, 1.165) is 69.8 Å². The Kier molecular flexibility index (Phi) is 8.27. The number of rotatable bonds is 3. The van der Waals surface area contributed by atoms with Crippen LogP contribution in [0.25, 0.3) is 0 Å². The number of para-hydroxylation sites is 1. The van der Waals surface area contributed by atoms with Crippen LogP contribution in [-0.4, -0.2) is 96.9 Å². The molecule has 1 aromatic carbocycles. The molecule has 196 valence electrons. The summed E-state index contributed by atoms with van der Waals surface area (Å²) in [7, 11) is 2.11. The first-order valence-electron chi connectivity index (χ1n) is 13.9. The summed E-state index contributed by atoms with van der Waals surface area (Å²) in [5.41, 5.74) is 1.15. The highest BCUT2D eigenvalue weighted by Crippen LogP contribution is 2.31. The fraction of sp³-hybridized carbons (Fsp3) is 0.655. The van der Waals surface area contributed by atoms with Crippen molar-refractivity contribution in [1.82, 2.24) is 19.6 Å². The Morgan fingerprint density at radius 3 is 2.58 bits per heavy atom. The zero-order valence-electron chi connectivity index (χ0n) is 21.8. The monoisotopic (exact) mass is 494 g/mol. The third-order valence-corrected chi connectivity index (χ3v) is 8.70. The first-order valence-corrected chi connectivity index (χ1v) is 13.9. The number of hydrogen-bond donors (Lipinski definition) is 0. The number of hydrogen-bond acceptors (Lipinski definition) is 5. The van der Waals surface area contributed by atoms with Gasteiger partial charge in [0, 0.05) is 63.8 Å². The SMILES string of the molecule is CN1CCN(C(=O)C[C@@H]2CCN3C[C@@H]2C=CCOc2ccccc2CN(C2CCCC2)CC3=O)CC1. The van der Waals surface area contributed by atoms with Crippen LogP contribution in [0.5, 0.6) is 5.75 Å². The Balaban J connectivity index is 1.32. The summed E-state index contributed by atoms with van der Waals surface area (Å²) in [6.07, 6.45) is 10.6. The molecule has 3 fully saturated rings. The predicted molar refractivity (Wildman–Crippen MR) is 141 cm³/mol. The van der Waals surface area contributed by atoms with Gasteiger partial charge in [-0.25, -0.2) is 0 Å². The number of carbonyl (C=O) groups excluding carboxylic acids is 2. The number of likely N-dealkylation sites (N-methyl/N-ethyl adjacent to an activating group) is 1. The fourth-order valence-electron chi connectivity index (χ4n) is 6.36. The molecule has 7 nitrogen and oxygen atoms in total. The zero-order chi connectivity index (χ0) is 24.9. The van der Waals surface area contributed by atoms with Crippen molar-refractivity contribution in [3.63, 3.8) is 0 Å². The summed E-state index contributed by atoms with van der Waals surface area (Å²) < 4.78 is 6.21. The molecule has 3 aliphatic heterocycles. The molecule has 4 aliphatic rings.